The monoisotopic (exact) mass is 485 g/mol. The Morgan fingerprint density at radius 1 is 0.722 bits per heavy atom. The van der Waals surface area contributed by atoms with Crippen molar-refractivity contribution in [1.29, 1.82) is 0 Å². The van der Waals surface area contributed by atoms with Crippen molar-refractivity contribution < 1.29 is 19.2 Å². The number of amides is 5. The number of piperidine rings is 1. The van der Waals surface area contributed by atoms with Gasteiger partial charge in [-0.15, -0.1) is 0 Å². The molecule has 184 valence electrons. The first-order valence-electron chi connectivity index (χ1n) is 11.6. The number of primary amides is 1. The lowest BCUT2D eigenvalue weighted by Gasteiger charge is -2.31. The van der Waals surface area contributed by atoms with Gasteiger partial charge < -0.3 is 26.6 Å². The average Bonchev–Trinajstić information content (AvgIpc) is 2.89. The fourth-order valence-corrected chi connectivity index (χ4v) is 4.03. The molecule has 1 aliphatic rings. The van der Waals surface area contributed by atoms with Crippen LogP contribution in [0.1, 0.15) is 33.6 Å². The molecular weight excluding hydrogens is 458 g/mol. The summed E-state index contributed by atoms with van der Waals surface area (Å²) >= 11 is 0. The Morgan fingerprint density at radius 2 is 1.31 bits per heavy atom. The number of benzene rings is 3. The highest BCUT2D eigenvalue weighted by Crippen LogP contribution is 2.23. The lowest BCUT2D eigenvalue weighted by atomic mass is 9.95. The number of nitrogens with one attached hydrogen (secondary N) is 3. The molecule has 5 N–H and O–H groups in total. The maximum atomic E-state index is 13.1. The van der Waals surface area contributed by atoms with Gasteiger partial charge in [-0.2, -0.15) is 0 Å². The molecule has 0 radical (unpaired) electrons. The second-order valence-corrected chi connectivity index (χ2v) is 8.49. The molecule has 0 aromatic heterocycles. The first-order valence-corrected chi connectivity index (χ1v) is 11.6. The number of likely N-dealkylation sites (tertiary alicyclic amines) is 1. The smallest absolute Gasteiger partial charge is 0.323 e. The number of hydrogen-bond acceptors (Lipinski definition) is 4. The number of carbonyl (C=O) groups is 4. The fraction of sp³-hybridized carbons (Fsp3) is 0.185. The van der Waals surface area contributed by atoms with Gasteiger partial charge in [0.2, 0.25) is 5.91 Å². The summed E-state index contributed by atoms with van der Waals surface area (Å²) in [5.74, 6) is -1.15. The maximum absolute atomic E-state index is 13.1. The van der Waals surface area contributed by atoms with E-state index in [1.165, 1.54) is 0 Å². The van der Waals surface area contributed by atoms with Gasteiger partial charge in [0.15, 0.2) is 0 Å². The van der Waals surface area contributed by atoms with E-state index in [-0.39, 0.29) is 23.6 Å². The van der Waals surface area contributed by atoms with E-state index in [0.717, 1.165) is 0 Å². The Morgan fingerprint density at radius 3 is 1.94 bits per heavy atom. The number of urea groups is 1. The number of rotatable bonds is 6. The molecule has 0 saturated carbocycles. The topological polar surface area (TPSA) is 134 Å². The summed E-state index contributed by atoms with van der Waals surface area (Å²) in [4.78, 5) is 51.2. The number of para-hydroxylation sites is 2. The molecule has 3 aromatic carbocycles. The van der Waals surface area contributed by atoms with Crippen LogP contribution in [0.2, 0.25) is 0 Å². The van der Waals surface area contributed by atoms with Gasteiger partial charge in [-0.05, 0) is 61.4 Å². The number of nitrogens with zero attached hydrogens (tertiary/aromatic N) is 1. The number of hydrogen-bond donors (Lipinski definition) is 4. The van der Waals surface area contributed by atoms with Gasteiger partial charge in [-0.25, -0.2) is 4.79 Å². The molecule has 3 aromatic rings. The Balaban J connectivity index is 1.37. The van der Waals surface area contributed by atoms with Crippen molar-refractivity contribution in [2.75, 3.05) is 29.0 Å². The van der Waals surface area contributed by atoms with Gasteiger partial charge in [-0.3, -0.25) is 14.4 Å². The number of carbonyl (C=O) groups excluding carboxylic acids is 4. The van der Waals surface area contributed by atoms with Crippen molar-refractivity contribution in [2.24, 2.45) is 11.7 Å². The van der Waals surface area contributed by atoms with Crippen LogP contribution in [-0.2, 0) is 4.79 Å². The van der Waals surface area contributed by atoms with Gasteiger partial charge >= 0.3 is 6.03 Å². The van der Waals surface area contributed by atoms with E-state index in [1.54, 1.807) is 65.6 Å². The summed E-state index contributed by atoms with van der Waals surface area (Å²) in [6.07, 6.45) is 1.05. The average molecular weight is 486 g/mol. The van der Waals surface area contributed by atoms with Gasteiger partial charge in [0.25, 0.3) is 11.8 Å². The van der Waals surface area contributed by atoms with Gasteiger partial charge in [0, 0.05) is 35.9 Å². The lowest BCUT2D eigenvalue weighted by Crippen LogP contribution is -2.42. The summed E-state index contributed by atoms with van der Waals surface area (Å²) in [5.41, 5.74) is 7.71. The van der Waals surface area contributed by atoms with Crippen molar-refractivity contribution in [3.05, 3.63) is 90.0 Å². The summed E-state index contributed by atoms with van der Waals surface area (Å²) in [5, 5.41) is 8.25. The predicted octanol–water partition coefficient (Wildman–Crippen LogP) is 3.92. The van der Waals surface area contributed by atoms with Crippen molar-refractivity contribution in [3.63, 3.8) is 0 Å². The number of nitrogens with two attached hydrogens (primary N) is 1. The lowest BCUT2D eigenvalue weighted by molar-refractivity contribution is -0.123. The summed E-state index contributed by atoms with van der Waals surface area (Å²) < 4.78 is 0. The van der Waals surface area contributed by atoms with Crippen molar-refractivity contribution >= 4 is 40.8 Å². The number of anilines is 3. The molecule has 36 heavy (non-hydrogen) atoms. The molecule has 1 fully saturated rings. The van der Waals surface area contributed by atoms with Gasteiger partial charge in [0.1, 0.15) is 0 Å². The standard InChI is InChI=1S/C27H27N5O4/c28-24(33)18-14-16-32(17-15-18)26(35)22-8-4-5-9-23(22)31-25(34)19-10-12-21(13-11-19)30-27(36)29-20-6-2-1-3-7-20/h1-13,18H,14-17H2,(H2,28,33)(H,31,34)(H2,29,30,36). The van der Waals surface area contributed by atoms with Crippen LogP contribution in [0.5, 0.6) is 0 Å². The van der Waals surface area contributed by atoms with Crippen LogP contribution < -0.4 is 21.7 Å². The second-order valence-electron chi connectivity index (χ2n) is 8.49. The summed E-state index contributed by atoms with van der Waals surface area (Å²) in [6, 6.07) is 21.9. The molecule has 9 nitrogen and oxygen atoms in total. The molecule has 9 heteroatoms. The minimum Gasteiger partial charge on any atom is -0.369 e. The van der Waals surface area contributed by atoms with E-state index >= 15 is 0 Å². The van der Waals surface area contributed by atoms with Gasteiger partial charge in [0.05, 0.1) is 11.3 Å². The zero-order valence-electron chi connectivity index (χ0n) is 19.6. The minimum absolute atomic E-state index is 0.210. The molecule has 1 saturated heterocycles. The molecule has 0 spiro atoms. The molecule has 0 atom stereocenters. The normalized spacial score (nSPS) is 13.5. The van der Waals surface area contributed by atoms with Crippen LogP contribution in [0.3, 0.4) is 0 Å². The van der Waals surface area contributed by atoms with Gasteiger partial charge in [-0.1, -0.05) is 30.3 Å². The zero-order chi connectivity index (χ0) is 25.5. The minimum atomic E-state index is -0.397. The molecule has 0 aliphatic carbocycles. The van der Waals surface area contributed by atoms with E-state index in [0.29, 0.717) is 54.1 Å². The quantitative estimate of drug-likeness (QED) is 0.421. The highest BCUT2D eigenvalue weighted by atomic mass is 16.2. The van der Waals surface area contributed by atoms with Crippen LogP contribution in [0.25, 0.3) is 0 Å². The third kappa shape index (κ3) is 6.06. The van der Waals surface area contributed by atoms with Crippen LogP contribution in [0, 0.1) is 5.92 Å². The van der Waals surface area contributed by atoms with Crippen molar-refractivity contribution in [2.45, 2.75) is 12.8 Å². The van der Waals surface area contributed by atoms with Crippen molar-refractivity contribution in [1.82, 2.24) is 4.90 Å². The van der Waals surface area contributed by atoms with E-state index < -0.39 is 6.03 Å². The van der Waals surface area contributed by atoms with E-state index in [1.807, 2.05) is 18.2 Å². The van der Waals surface area contributed by atoms with Crippen LogP contribution in [0.15, 0.2) is 78.9 Å². The second kappa shape index (κ2) is 11.2. The third-order valence-corrected chi connectivity index (χ3v) is 6.03. The molecule has 1 aliphatic heterocycles. The van der Waals surface area contributed by atoms with Crippen LogP contribution >= 0.6 is 0 Å². The fourth-order valence-electron chi connectivity index (χ4n) is 4.03. The summed E-state index contributed by atoms with van der Waals surface area (Å²) in [6.45, 7) is 0.863. The largest absolute Gasteiger partial charge is 0.369 e. The third-order valence-electron chi connectivity index (χ3n) is 6.03. The van der Waals surface area contributed by atoms with Crippen molar-refractivity contribution in [3.8, 4) is 0 Å². The first-order chi connectivity index (χ1) is 17.4. The maximum Gasteiger partial charge on any atom is 0.323 e. The first kappa shape index (κ1) is 24.5. The Bertz CT molecular complexity index is 1250. The Labute approximate surface area is 208 Å². The Kier molecular flexibility index (Phi) is 7.60. The predicted molar refractivity (Wildman–Crippen MR) is 138 cm³/mol. The van der Waals surface area contributed by atoms with E-state index in [4.69, 9.17) is 5.73 Å². The molecule has 0 unspecified atom stereocenters. The summed E-state index contributed by atoms with van der Waals surface area (Å²) in [7, 11) is 0. The zero-order valence-corrected chi connectivity index (χ0v) is 19.6. The van der Waals surface area contributed by atoms with Crippen LogP contribution in [0.4, 0.5) is 21.9 Å². The van der Waals surface area contributed by atoms with E-state index in [9.17, 15) is 19.2 Å². The molecule has 4 rings (SSSR count). The Hall–Kier alpha value is -4.66. The molecule has 5 amide bonds. The van der Waals surface area contributed by atoms with Crippen LogP contribution in [-0.4, -0.2) is 41.7 Å². The molecule has 1 heterocycles. The highest BCUT2D eigenvalue weighted by Gasteiger charge is 2.27. The molecule has 0 bridgehead atoms. The highest BCUT2D eigenvalue weighted by molar-refractivity contribution is 6.09. The molecular formula is C27H27N5O4. The van der Waals surface area contributed by atoms with E-state index in [2.05, 4.69) is 16.0 Å². The SMILES string of the molecule is NC(=O)C1CCN(C(=O)c2ccccc2NC(=O)c2ccc(NC(=O)Nc3ccccc3)cc2)CC1.